The molecule has 8 heteroatoms. The second-order valence-electron chi connectivity index (χ2n) is 8.33. The summed E-state index contributed by atoms with van der Waals surface area (Å²) in [5.74, 6) is -0.400. The highest BCUT2D eigenvalue weighted by Crippen LogP contribution is 2.51. The second-order valence-corrected chi connectivity index (χ2v) is 9.28. The molecule has 0 spiro atoms. The summed E-state index contributed by atoms with van der Waals surface area (Å²) in [7, 11) is 0. The van der Waals surface area contributed by atoms with Crippen molar-refractivity contribution >= 4 is 28.6 Å². The lowest BCUT2D eigenvalue weighted by Crippen LogP contribution is -2.37. The third kappa shape index (κ3) is 3.48. The number of hydrogen-bond acceptors (Lipinski definition) is 4. The molecule has 172 valence electrons. The van der Waals surface area contributed by atoms with Crippen molar-refractivity contribution in [1.82, 2.24) is 4.57 Å². The molecule has 0 radical (unpaired) electrons. The number of para-hydroxylation sites is 1. The Hall–Kier alpha value is -3.57. The fourth-order valence-electron chi connectivity index (χ4n) is 4.88. The van der Waals surface area contributed by atoms with E-state index in [1.54, 1.807) is 35.2 Å². The molecule has 0 saturated carbocycles. The lowest BCUT2D eigenvalue weighted by molar-refractivity contribution is -0.137. The summed E-state index contributed by atoms with van der Waals surface area (Å²) in [6, 6.07) is 13.1. The zero-order chi connectivity index (χ0) is 24.0. The Morgan fingerprint density at radius 2 is 1.82 bits per heavy atom. The van der Waals surface area contributed by atoms with Gasteiger partial charge in [-0.05, 0) is 61.0 Å². The number of nitrogens with zero attached hydrogens (tertiary/aromatic N) is 3. The van der Waals surface area contributed by atoms with Gasteiger partial charge in [-0.1, -0.05) is 12.1 Å². The van der Waals surface area contributed by atoms with Crippen LogP contribution in [0.4, 0.5) is 18.9 Å². The van der Waals surface area contributed by atoms with Crippen LogP contribution in [-0.4, -0.2) is 10.4 Å². The third-order valence-electron chi connectivity index (χ3n) is 6.31. The van der Waals surface area contributed by atoms with Crippen LogP contribution in [0, 0.1) is 18.3 Å². The van der Waals surface area contributed by atoms with Crippen molar-refractivity contribution in [1.29, 1.82) is 5.26 Å². The quantitative estimate of drug-likeness (QED) is 0.411. The number of benzene rings is 1. The van der Waals surface area contributed by atoms with Crippen LogP contribution in [0.1, 0.15) is 41.2 Å². The van der Waals surface area contributed by atoms with Crippen molar-refractivity contribution in [3.8, 4) is 6.07 Å². The number of allylic oxidation sites excluding steroid dienone is 3. The van der Waals surface area contributed by atoms with E-state index in [4.69, 9.17) is 0 Å². The van der Waals surface area contributed by atoms with Gasteiger partial charge in [0.25, 0.3) is 0 Å². The van der Waals surface area contributed by atoms with Gasteiger partial charge in [0.05, 0.1) is 28.8 Å². The number of aryl methyl sites for hydroxylation is 1. The standard InChI is InChI=1S/C26H20F3N3OS/c1-16-11-14-34-24(16)22-17(15-30)25(31-12-4-5-13-31)32(20-9-6-10-21(33)23(20)22)19-8-3-2-7-18(19)26(27,28)29/h2-5,7-8,11-14,22H,6,9-10H2,1H3/t22-/m0/s1. The number of alkyl halides is 3. The maximum atomic E-state index is 14.1. The van der Waals surface area contributed by atoms with Gasteiger partial charge in [-0.3, -0.25) is 9.69 Å². The van der Waals surface area contributed by atoms with E-state index in [9.17, 15) is 23.2 Å². The van der Waals surface area contributed by atoms with Crippen molar-refractivity contribution < 1.29 is 18.0 Å². The number of Topliss-reactive ketones (excluding diaryl/α,β-unsaturated/α-hetero) is 1. The maximum absolute atomic E-state index is 14.1. The molecule has 3 heterocycles. The molecule has 1 aliphatic carbocycles. The fraction of sp³-hybridized carbons (Fsp3) is 0.231. The normalized spacial score (nSPS) is 18.9. The molecule has 1 atom stereocenters. The zero-order valence-corrected chi connectivity index (χ0v) is 19.1. The summed E-state index contributed by atoms with van der Waals surface area (Å²) in [5, 5.41) is 12.3. The minimum atomic E-state index is -4.61. The van der Waals surface area contributed by atoms with E-state index in [1.807, 2.05) is 18.4 Å². The molecule has 0 unspecified atom stereocenters. The third-order valence-corrected chi connectivity index (χ3v) is 7.40. The van der Waals surface area contributed by atoms with Crippen molar-refractivity contribution in [2.75, 3.05) is 4.90 Å². The fourth-order valence-corrected chi connectivity index (χ4v) is 5.93. The Bertz CT molecular complexity index is 1370. The summed E-state index contributed by atoms with van der Waals surface area (Å²) in [6.45, 7) is 1.93. The molecular formula is C26H20F3N3OS. The van der Waals surface area contributed by atoms with E-state index in [-0.39, 0.29) is 17.0 Å². The molecular weight excluding hydrogens is 459 g/mol. The number of nitriles is 1. The van der Waals surface area contributed by atoms with E-state index in [2.05, 4.69) is 6.07 Å². The Morgan fingerprint density at radius 3 is 2.47 bits per heavy atom. The SMILES string of the molecule is Cc1ccsc1[C@H]1C(C#N)=C(n2cccc2)N(c2ccccc2C(F)(F)F)C2=C1C(=O)CCC2. The first-order valence-electron chi connectivity index (χ1n) is 10.9. The molecule has 3 aromatic rings. The van der Waals surface area contributed by atoms with E-state index in [1.165, 1.54) is 28.4 Å². The lowest BCUT2D eigenvalue weighted by atomic mass is 9.77. The molecule has 34 heavy (non-hydrogen) atoms. The first-order chi connectivity index (χ1) is 16.3. The van der Waals surface area contributed by atoms with Gasteiger partial charge < -0.3 is 4.57 Å². The average Bonchev–Trinajstić information content (AvgIpc) is 3.49. The van der Waals surface area contributed by atoms with Gasteiger partial charge in [0.2, 0.25) is 0 Å². The molecule has 2 aromatic heterocycles. The number of thiophene rings is 1. The van der Waals surface area contributed by atoms with Gasteiger partial charge >= 0.3 is 6.18 Å². The van der Waals surface area contributed by atoms with E-state index in [0.717, 1.165) is 16.5 Å². The minimum absolute atomic E-state index is 0.0880. The molecule has 0 N–H and O–H groups in total. The van der Waals surface area contributed by atoms with E-state index >= 15 is 0 Å². The number of aromatic nitrogens is 1. The summed E-state index contributed by atoms with van der Waals surface area (Å²) in [4.78, 5) is 15.7. The molecule has 0 saturated heterocycles. The van der Waals surface area contributed by atoms with Crippen LogP contribution in [0.25, 0.3) is 5.82 Å². The van der Waals surface area contributed by atoms with Gasteiger partial charge in [-0.15, -0.1) is 11.3 Å². The van der Waals surface area contributed by atoms with Crippen LogP contribution in [0.15, 0.2) is 77.1 Å². The van der Waals surface area contributed by atoms with E-state index in [0.29, 0.717) is 36.4 Å². The molecule has 0 fully saturated rings. The Labute approximate surface area is 198 Å². The van der Waals surface area contributed by atoms with Crippen molar-refractivity contribution in [2.45, 2.75) is 38.3 Å². The highest BCUT2D eigenvalue weighted by molar-refractivity contribution is 7.10. The first kappa shape index (κ1) is 22.2. The molecule has 4 nitrogen and oxygen atoms in total. The second kappa shape index (κ2) is 8.33. The van der Waals surface area contributed by atoms with Crippen LogP contribution < -0.4 is 4.90 Å². The number of rotatable bonds is 3. The number of ketones is 1. The average molecular weight is 480 g/mol. The molecule has 1 aliphatic heterocycles. The topological polar surface area (TPSA) is 49.0 Å². The monoisotopic (exact) mass is 479 g/mol. The summed E-state index contributed by atoms with van der Waals surface area (Å²) < 4.78 is 44.0. The molecule has 1 aromatic carbocycles. The molecule has 0 amide bonds. The largest absolute Gasteiger partial charge is 0.418 e. The van der Waals surface area contributed by atoms with Crippen LogP contribution in [-0.2, 0) is 11.0 Å². The van der Waals surface area contributed by atoms with Gasteiger partial charge in [0, 0.05) is 35.0 Å². The Morgan fingerprint density at radius 1 is 1.09 bits per heavy atom. The zero-order valence-electron chi connectivity index (χ0n) is 18.3. The van der Waals surface area contributed by atoms with Crippen LogP contribution in [0.2, 0.25) is 0 Å². The highest BCUT2D eigenvalue weighted by Gasteiger charge is 2.44. The van der Waals surface area contributed by atoms with Crippen LogP contribution in [0.5, 0.6) is 0 Å². The predicted molar refractivity (Wildman–Crippen MR) is 125 cm³/mol. The Balaban J connectivity index is 1.89. The summed E-state index contributed by atoms with van der Waals surface area (Å²) >= 11 is 1.46. The van der Waals surface area contributed by atoms with Crippen molar-refractivity contribution in [3.05, 3.63) is 93.1 Å². The first-order valence-corrected chi connectivity index (χ1v) is 11.7. The molecule has 2 aliphatic rings. The number of carbonyl (C=O) groups is 1. The van der Waals surface area contributed by atoms with Crippen LogP contribution in [0.3, 0.4) is 0 Å². The predicted octanol–water partition coefficient (Wildman–Crippen LogP) is 6.88. The van der Waals surface area contributed by atoms with Gasteiger partial charge in [0.1, 0.15) is 5.82 Å². The molecule has 5 rings (SSSR count). The van der Waals surface area contributed by atoms with Gasteiger partial charge in [0.15, 0.2) is 5.78 Å². The van der Waals surface area contributed by atoms with Gasteiger partial charge in [-0.25, -0.2) is 0 Å². The number of hydrogen-bond donors (Lipinski definition) is 0. The molecule has 0 bridgehead atoms. The Kier molecular flexibility index (Phi) is 5.45. The van der Waals surface area contributed by atoms with Crippen LogP contribution >= 0.6 is 11.3 Å². The van der Waals surface area contributed by atoms with E-state index < -0.39 is 17.7 Å². The number of halogens is 3. The highest BCUT2D eigenvalue weighted by atomic mass is 32.1. The lowest BCUT2D eigenvalue weighted by Gasteiger charge is -2.41. The number of carbonyl (C=O) groups excluding carboxylic acids is 1. The summed E-state index contributed by atoms with van der Waals surface area (Å²) in [6.07, 6.45) is 0.115. The minimum Gasteiger partial charge on any atom is -0.309 e. The van der Waals surface area contributed by atoms with Crippen molar-refractivity contribution in [3.63, 3.8) is 0 Å². The summed E-state index contributed by atoms with van der Waals surface area (Å²) in [5.41, 5.74) is 1.27. The van der Waals surface area contributed by atoms with Crippen molar-refractivity contribution in [2.24, 2.45) is 0 Å². The maximum Gasteiger partial charge on any atom is 0.418 e. The smallest absolute Gasteiger partial charge is 0.309 e. The van der Waals surface area contributed by atoms with Gasteiger partial charge in [-0.2, -0.15) is 18.4 Å². The number of anilines is 1.